The minimum atomic E-state index is -0.443. The van der Waals surface area contributed by atoms with E-state index in [-0.39, 0.29) is 23.7 Å². The summed E-state index contributed by atoms with van der Waals surface area (Å²) in [6.07, 6.45) is 2.73. The lowest BCUT2D eigenvalue weighted by Crippen LogP contribution is -2.36. The van der Waals surface area contributed by atoms with E-state index < -0.39 is 5.97 Å². The van der Waals surface area contributed by atoms with E-state index in [1.54, 1.807) is 31.4 Å². The Morgan fingerprint density at radius 2 is 1.69 bits per heavy atom. The average Bonchev–Trinajstić information content (AvgIpc) is 2.67. The van der Waals surface area contributed by atoms with Gasteiger partial charge in [-0.1, -0.05) is 6.07 Å². The van der Waals surface area contributed by atoms with Crippen LogP contribution < -0.4 is 10.6 Å². The third-order valence-electron chi connectivity index (χ3n) is 4.63. The highest BCUT2D eigenvalue weighted by molar-refractivity contribution is 5.95. The van der Waals surface area contributed by atoms with E-state index >= 15 is 0 Å². The monoisotopic (exact) mass is 362 g/mol. The van der Waals surface area contributed by atoms with E-state index in [2.05, 4.69) is 15.4 Å². The largest absolute Gasteiger partial charge is 0.465 e. The summed E-state index contributed by atoms with van der Waals surface area (Å²) < 4.78 is 9.60. The predicted molar refractivity (Wildman–Crippen MR) is 96.7 cm³/mol. The SMILES string of the molecule is COCCNC(=O)C1CCC(C(=O)Nc2cccc(C(=O)OC)c2)CC1. The Labute approximate surface area is 153 Å². The maximum absolute atomic E-state index is 12.5. The fraction of sp³-hybridized carbons (Fsp3) is 0.526. The molecule has 0 aromatic heterocycles. The first-order valence-corrected chi connectivity index (χ1v) is 8.81. The van der Waals surface area contributed by atoms with Crippen molar-refractivity contribution in [2.75, 3.05) is 32.7 Å². The molecule has 1 aromatic rings. The summed E-state index contributed by atoms with van der Waals surface area (Å²) in [5.74, 6) is -0.656. The second kappa shape index (κ2) is 9.91. The fourth-order valence-corrected chi connectivity index (χ4v) is 3.12. The first-order chi connectivity index (χ1) is 12.5. The van der Waals surface area contributed by atoms with Crippen molar-refractivity contribution < 1.29 is 23.9 Å². The minimum Gasteiger partial charge on any atom is -0.465 e. The Kier molecular flexibility index (Phi) is 7.59. The number of anilines is 1. The van der Waals surface area contributed by atoms with Crippen LogP contribution in [0, 0.1) is 11.8 Å². The minimum absolute atomic E-state index is 0.0340. The number of hydrogen-bond donors (Lipinski definition) is 2. The zero-order valence-corrected chi connectivity index (χ0v) is 15.2. The van der Waals surface area contributed by atoms with Crippen LogP contribution in [0.5, 0.6) is 0 Å². The molecular formula is C19H26N2O5. The zero-order chi connectivity index (χ0) is 18.9. The van der Waals surface area contributed by atoms with Crippen molar-refractivity contribution in [2.45, 2.75) is 25.7 Å². The Hall–Kier alpha value is -2.41. The topological polar surface area (TPSA) is 93.7 Å². The lowest BCUT2D eigenvalue weighted by atomic mass is 9.81. The van der Waals surface area contributed by atoms with Crippen LogP contribution in [0.3, 0.4) is 0 Å². The summed E-state index contributed by atoms with van der Waals surface area (Å²) in [6, 6.07) is 6.66. The molecule has 1 aromatic carbocycles. The molecule has 1 aliphatic rings. The quantitative estimate of drug-likeness (QED) is 0.571. The zero-order valence-electron chi connectivity index (χ0n) is 15.2. The number of methoxy groups -OCH3 is 2. The van der Waals surface area contributed by atoms with Crippen LogP contribution in [0.4, 0.5) is 5.69 Å². The number of carbonyl (C=O) groups is 3. The number of carbonyl (C=O) groups excluding carboxylic acids is 3. The van der Waals surface area contributed by atoms with Gasteiger partial charge in [-0.2, -0.15) is 0 Å². The van der Waals surface area contributed by atoms with Gasteiger partial charge in [0.15, 0.2) is 0 Å². The standard InChI is InChI=1S/C19H26N2O5/c1-25-11-10-20-17(22)13-6-8-14(9-7-13)18(23)21-16-5-3-4-15(12-16)19(24)26-2/h3-5,12-14H,6-11H2,1-2H3,(H,20,22)(H,21,23). The van der Waals surface area contributed by atoms with Gasteiger partial charge < -0.3 is 20.1 Å². The van der Waals surface area contributed by atoms with E-state index in [0.717, 1.165) is 0 Å². The first-order valence-electron chi connectivity index (χ1n) is 8.81. The molecule has 26 heavy (non-hydrogen) atoms. The molecule has 2 N–H and O–H groups in total. The lowest BCUT2D eigenvalue weighted by Gasteiger charge is -2.27. The number of rotatable bonds is 7. The second-order valence-corrected chi connectivity index (χ2v) is 6.39. The van der Waals surface area contributed by atoms with E-state index in [4.69, 9.17) is 4.74 Å². The normalized spacial score (nSPS) is 19.5. The van der Waals surface area contributed by atoms with Gasteiger partial charge in [0.1, 0.15) is 0 Å². The molecular weight excluding hydrogens is 336 g/mol. The fourth-order valence-electron chi connectivity index (χ4n) is 3.12. The van der Waals surface area contributed by atoms with Crippen molar-refractivity contribution in [1.29, 1.82) is 0 Å². The highest BCUT2D eigenvalue weighted by Gasteiger charge is 2.29. The van der Waals surface area contributed by atoms with Crippen molar-refractivity contribution in [3.63, 3.8) is 0 Å². The number of ether oxygens (including phenoxy) is 2. The summed E-state index contributed by atoms with van der Waals surface area (Å²) in [5, 5.41) is 5.70. The summed E-state index contributed by atoms with van der Waals surface area (Å²) >= 11 is 0. The van der Waals surface area contributed by atoms with Gasteiger partial charge in [0.25, 0.3) is 0 Å². The molecule has 0 radical (unpaired) electrons. The van der Waals surface area contributed by atoms with Crippen LogP contribution in [-0.4, -0.2) is 45.2 Å². The van der Waals surface area contributed by atoms with Gasteiger partial charge in [-0.3, -0.25) is 9.59 Å². The van der Waals surface area contributed by atoms with Gasteiger partial charge in [0, 0.05) is 31.2 Å². The van der Waals surface area contributed by atoms with Gasteiger partial charge >= 0.3 is 5.97 Å². The Balaban J connectivity index is 1.83. The average molecular weight is 362 g/mol. The molecule has 0 saturated heterocycles. The Morgan fingerprint density at radius 3 is 2.31 bits per heavy atom. The maximum atomic E-state index is 12.5. The van der Waals surface area contributed by atoms with Crippen LogP contribution in [0.1, 0.15) is 36.0 Å². The van der Waals surface area contributed by atoms with E-state index in [1.807, 2.05) is 0 Å². The van der Waals surface area contributed by atoms with Crippen LogP contribution in [0.2, 0.25) is 0 Å². The summed E-state index contributed by atoms with van der Waals surface area (Å²) in [4.78, 5) is 36.1. The third-order valence-corrected chi connectivity index (χ3v) is 4.63. The molecule has 1 saturated carbocycles. The molecule has 0 atom stereocenters. The Bertz CT molecular complexity index is 639. The number of esters is 1. The molecule has 0 aliphatic heterocycles. The smallest absolute Gasteiger partial charge is 0.337 e. The number of hydrogen-bond acceptors (Lipinski definition) is 5. The predicted octanol–water partition coefficient (Wildman–Crippen LogP) is 1.98. The molecule has 1 fully saturated rings. The van der Waals surface area contributed by atoms with Crippen LogP contribution in [-0.2, 0) is 19.1 Å². The highest BCUT2D eigenvalue weighted by Crippen LogP contribution is 2.30. The summed E-state index contributed by atoms with van der Waals surface area (Å²) in [7, 11) is 2.91. The van der Waals surface area contributed by atoms with Gasteiger partial charge in [0.2, 0.25) is 11.8 Å². The van der Waals surface area contributed by atoms with Crippen LogP contribution in [0.15, 0.2) is 24.3 Å². The van der Waals surface area contributed by atoms with Crippen molar-refractivity contribution in [1.82, 2.24) is 5.32 Å². The van der Waals surface area contributed by atoms with E-state index in [9.17, 15) is 14.4 Å². The molecule has 2 rings (SSSR count). The molecule has 1 aliphatic carbocycles. The van der Waals surface area contributed by atoms with Gasteiger partial charge in [-0.25, -0.2) is 4.79 Å². The summed E-state index contributed by atoms with van der Waals surface area (Å²) in [6.45, 7) is 1.00. The molecule has 0 heterocycles. The number of nitrogens with one attached hydrogen (secondary N) is 2. The van der Waals surface area contributed by atoms with Crippen molar-refractivity contribution in [3.8, 4) is 0 Å². The van der Waals surface area contributed by atoms with Crippen molar-refractivity contribution >= 4 is 23.5 Å². The van der Waals surface area contributed by atoms with Crippen molar-refractivity contribution in [3.05, 3.63) is 29.8 Å². The molecule has 2 amide bonds. The van der Waals surface area contributed by atoms with Crippen molar-refractivity contribution in [2.24, 2.45) is 11.8 Å². The molecule has 0 unspecified atom stereocenters. The van der Waals surface area contributed by atoms with Gasteiger partial charge in [-0.15, -0.1) is 0 Å². The van der Waals surface area contributed by atoms with Crippen LogP contribution in [0.25, 0.3) is 0 Å². The van der Waals surface area contributed by atoms with Crippen LogP contribution >= 0.6 is 0 Å². The molecule has 0 spiro atoms. The van der Waals surface area contributed by atoms with E-state index in [1.165, 1.54) is 7.11 Å². The maximum Gasteiger partial charge on any atom is 0.337 e. The molecule has 142 valence electrons. The number of amides is 2. The molecule has 7 heteroatoms. The highest BCUT2D eigenvalue weighted by atomic mass is 16.5. The third kappa shape index (κ3) is 5.56. The van der Waals surface area contributed by atoms with Gasteiger partial charge in [-0.05, 0) is 43.9 Å². The van der Waals surface area contributed by atoms with Gasteiger partial charge in [0.05, 0.1) is 19.3 Å². The lowest BCUT2D eigenvalue weighted by molar-refractivity contribution is -0.128. The second-order valence-electron chi connectivity index (χ2n) is 6.39. The molecule has 7 nitrogen and oxygen atoms in total. The van der Waals surface area contributed by atoms with E-state index in [0.29, 0.717) is 50.1 Å². The Morgan fingerprint density at radius 1 is 1.04 bits per heavy atom. The molecule has 0 bridgehead atoms. The number of benzene rings is 1. The summed E-state index contributed by atoms with van der Waals surface area (Å²) in [5.41, 5.74) is 0.957. The first kappa shape index (κ1) is 19.9.